The standard InChI is InChI=1S/C16H11ClF2N2/c1-8-7-12-10(5-6-20-16(12)21-9(8)2)11-3-4-13(17)15(19)14(11)18/h3-7H,1-2H3. The molecule has 5 heteroatoms. The van der Waals surface area contributed by atoms with Gasteiger partial charge in [-0.05, 0) is 49.2 Å². The molecule has 3 rings (SSSR count). The fourth-order valence-corrected chi connectivity index (χ4v) is 2.38. The fourth-order valence-electron chi connectivity index (χ4n) is 2.23. The van der Waals surface area contributed by atoms with E-state index < -0.39 is 11.6 Å². The summed E-state index contributed by atoms with van der Waals surface area (Å²) in [4.78, 5) is 8.56. The van der Waals surface area contributed by atoms with E-state index in [1.54, 1.807) is 6.07 Å². The van der Waals surface area contributed by atoms with E-state index in [0.29, 0.717) is 16.6 Å². The zero-order valence-electron chi connectivity index (χ0n) is 11.4. The van der Waals surface area contributed by atoms with Crippen molar-refractivity contribution in [2.75, 3.05) is 0 Å². The third kappa shape index (κ3) is 2.25. The first-order valence-corrected chi connectivity index (χ1v) is 6.73. The van der Waals surface area contributed by atoms with E-state index in [-0.39, 0.29) is 10.6 Å². The largest absolute Gasteiger partial charge is 0.237 e. The number of aromatic nitrogens is 2. The lowest BCUT2D eigenvalue weighted by Crippen LogP contribution is -1.95. The van der Waals surface area contributed by atoms with E-state index in [2.05, 4.69) is 9.97 Å². The van der Waals surface area contributed by atoms with Crippen molar-refractivity contribution in [1.29, 1.82) is 0 Å². The van der Waals surface area contributed by atoms with Gasteiger partial charge in [0.05, 0.1) is 5.02 Å². The van der Waals surface area contributed by atoms with Crippen LogP contribution in [0.2, 0.25) is 5.02 Å². The topological polar surface area (TPSA) is 25.8 Å². The van der Waals surface area contributed by atoms with Gasteiger partial charge in [-0.1, -0.05) is 11.6 Å². The fraction of sp³-hybridized carbons (Fsp3) is 0.125. The lowest BCUT2D eigenvalue weighted by molar-refractivity contribution is 0.511. The molecule has 2 aromatic heterocycles. The Morgan fingerprint density at radius 1 is 1.00 bits per heavy atom. The van der Waals surface area contributed by atoms with Gasteiger partial charge in [-0.25, -0.2) is 18.7 Å². The van der Waals surface area contributed by atoms with Crippen LogP contribution in [0.3, 0.4) is 0 Å². The van der Waals surface area contributed by atoms with Gasteiger partial charge in [-0.15, -0.1) is 0 Å². The maximum absolute atomic E-state index is 14.2. The van der Waals surface area contributed by atoms with Crippen molar-refractivity contribution in [3.63, 3.8) is 0 Å². The maximum atomic E-state index is 14.2. The van der Waals surface area contributed by atoms with Crippen molar-refractivity contribution in [1.82, 2.24) is 9.97 Å². The first-order chi connectivity index (χ1) is 9.99. The highest BCUT2D eigenvalue weighted by Crippen LogP contribution is 2.32. The number of fused-ring (bicyclic) bond motifs is 1. The van der Waals surface area contributed by atoms with Gasteiger partial charge in [0.1, 0.15) is 0 Å². The molecule has 0 N–H and O–H groups in total. The van der Waals surface area contributed by atoms with Crippen molar-refractivity contribution in [3.05, 3.63) is 58.4 Å². The summed E-state index contributed by atoms with van der Waals surface area (Å²) in [5.41, 5.74) is 3.02. The minimum Gasteiger partial charge on any atom is -0.237 e. The van der Waals surface area contributed by atoms with Gasteiger partial charge in [0, 0.05) is 22.8 Å². The Hall–Kier alpha value is -2.07. The predicted octanol–water partition coefficient (Wildman–Crippen LogP) is 4.85. The minimum atomic E-state index is -1.05. The molecule has 3 aromatic rings. The van der Waals surface area contributed by atoms with Crippen molar-refractivity contribution >= 4 is 22.6 Å². The maximum Gasteiger partial charge on any atom is 0.178 e. The lowest BCUT2D eigenvalue weighted by atomic mass is 10.0. The molecule has 0 spiro atoms. The summed E-state index contributed by atoms with van der Waals surface area (Å²) >= 11 is 5.60. The third-order valence-electron chi connectivity index (χ3n) is 3.50. The summed E-state index contributed by atoms with van der Waals surface area (Å²) in [5.74, 6) is -2.01. The zero-order chi connectivity index (χ0) is 15.1. The van der Waals surface area contributed by atoms with Crippen LogP contribution in [0, 0.1) is 25.5 Å². The Kier molecular flexibility index (Phi) is 3.33. The SMILES string of the molecule is Cc1cc2c(-c3ccc(Cl)c(F)c3F)ccnc2nc1C. The second-order valence-corrected chi connectivity index (χ2v) is 5.25. The van der Waals surface area contributed by atoms with Gasteiger partial charge in [0.25, 0.3) is 0 Å². The van der Waals surface area contributed by atoms with E-state index >= 15 is 0 Å². The molecule has 0 saturated carbocycles. The number of pyridine rings is 2. The smallest absolute Gasteiger partial charge is 0.178 e. The first-order valence-electron chi connectivity index (χ1n) is 6.36. The molecular weight excluding hydrogens is 294 g/mol. The molecule has 21 heavy (non-hydrogen) atoms. The van der Waals surface area contributed by atoms with Crippen molar-refractivity contribution in [3.8, 4) is 11.1 Å². The van der Waals surface area contributed by atoms with Gasteiger partial charge in [-0.3, -0.25) is 0 Å². The van der Waals surface area contributed by atoms with E-state index in [1.165, 1.54) is 18.3 Å². The Morgan fingerprint density at radius 2 is 1.76 bits per heavy atom. The van der Waals surface area contributed by atoms with Crippen LogP contribution in [0.4, 0.5) is 8.78 Å². The number of aryl methyl sites for hydroxylation is 2. The zero-order valence-corrected chi connectivity index (χ0v) is 12.2. The van der Waals surface area contributed by atoms with E-state index in [1.807, 2.05) is 19.9 Å². The molecular formula is C16H11ClF2N2. The number of hydrogen-bond acceptors (Lipinski definition) is 2. The molecule has 0 aliphatic heterocycles. The number of benzene rings is 1. The second-order valence-electron chi connectivity index (χ2n) is 4.84. The molecule has 0 amide bonds. The molecule has 0 atom stereocenters. The van der Waals surface area contributed by atoms with Crippen LogP contribution in [0.1, 0.15) is 11.3 Å². The highest BCUT2D eigenvalue weighted by atomic mass is 35.5. The number of nitrogens with zero attached hydrogens (tertiary/aromatic N) is 2. The highest BCUT2D eigenvalue weighted by molar-refractivity contribution is 6.30. The van der Waals surface area contributed by atoms with Crippen molar-refractivity contribution in [2.24, 2.45) is 0 Å². The van der Waals surface area contributed by atoms with Crippen molar-refractivity contribution in [2.45, 2.75) is 13.8 Å². The highest BCUT2D eigenvalue weighted by Gasteiger charge is 2.16. The first kappa shape index (κ1) is 13.9. The molecule has 0 aliphatic carbocycles. The predicted molar refractivity (Wildman–Crippen MR) is 79.4 cm³/mol. The summed E-state index contributed by atoms with van der Waals surface area (Å²) in [5, 5.41) is 0.445. The molecule has 2 heterocycles. The molecule has 0 saturated heterocycles. The Labute approximate surface area is 125 Å². The van der Waals surface area contributed by atoms with Crippen LogP contribution >= 0.6 is 11.6 Å². The summed E-state index contributed by atoms with van der Waals surface area (Å²) in [7, 11) is 0. The number of rotatable bonds is 1. The van der Waals surface area contributed by atoms with Crippen LogP contribution in [0.25, 0.3) is 22.2 Å². The van der Waals surface area contributed by atoms with Crippen LogP contribution < -0.4 is 0 Å². The Morgan fingerprint density at radius 3 is 2.52 bits per heavy atom. The van der Waals surface area contributed by atoms with Gasteiger partial charge in [0.2, 0.25) is 0 Å². The van der Waals surface area contributed by atoms with Crippen LogP contribution in [0.5, 0.6) is 0 Å². The summed E-state index contributed by atoms with van der Waals surface area (Å²) in [6.07, 6.45) is 1.53. The average molecular weight is 305 g/mol. The average Bonchev–Trinajstić information content (AvgIpc) is 2.46. The molecule has 0 bridgehead atoms. The Balaban J connectivity index is 2.36. The summed E-state index contributed by atoms with van der Waals surface area (Å²) < 4.78 is 27.8. The Bertz CT molecular complexity index is 863. The van der Waals surface area contributed by atoms with Crippen LogP contribution in [-0.4, -0.2) is 9.97 Å². The summed E-state index contributed by atoms with van der Waals surface area (Å²) in [6.45, 7) is 3.79. The third-order valence-corrected chi connectivity index (χ3v) is 3.79. The van der Waals surface area contributed by atoms with Crippen LogP contribution in [-0.2, 0) is 0 Å². The second kappa shape index (κ2) is 5.04. The molecule has 0 unspecified atom stereocenters. The van der Waals surface area contributed by atoms with Gasteiger partial charge < -0.3 is 0 Å². The lowest BCUT2D eigenvalue weighted by Gasteiger charge is -2.10. The minimum absolute atomic E-state index is 0.148. The van der Waals surface area contributed by atoms with E-state index in [9.17, 15) is 8.78 Å². The van der Waals surface area contributed by atoms with Gasteiger partial charge in [-0.2, -0.15) is 0 Å². The molecule has 1 aromatic carbocycles. The normalized spacial score (nSPS) is 11.1. The monoisotopic (exact) mass is 304 g/mol. The summed E-state index contributed by atoms with van der Waals surface area (Å²) in [6, 6.07) is 6.33. The van der Waals surface area contributed by atoms with Crippen molar-refractivity contribution < 1.29 is 8.78 Å². The molecule has 0 fully saturated rings. The number of hydrogen-bond donors (Lipinski definition) is 0. The number of halogens is 3. The quantitative estimate of drug-likeness (QED) is 0.601. The molecule has 0 radical (unpaired) electrons. The molecule has 2 nitrogen and oxygen atoms in total. The molecule has 106 valence electrons. The molecule has 0 aliphatic rings. The van der Waals surface area contributed by atoms with Gasteiger partial charge in [0.15, 0.2) is 17.3 Å². The van der Waals surface area contributed by atoms with Gasteiger partial charge >= 0.3 is 0 Å². The van der Waals surface area contributed by atoms with Crippen LogP contribution in [0.15, 0.2) is 30.5 Å². The van der Waals surface area contributed by atoms with E-state index in [4.69, 9.17) is 11.6 Å². The van der Waals surface area contributed by atoms with E-state index in [0.717, 1.165) is 11.3 Å².